The van der Waals surface area contributed by atoms with E-state index in [1.54, 1.807) is 0 Å². The largest absolute Gasteiger partial charge is 0.360 e. The highest BCUT2D eigenvalue weighted by Gasteiger charge is 2.30. The van der Waals surface area contributed by atoms with Crippen LogP contribution < -0.4 is 4.90 Å². The van der Waals surface area contributed by atoms with Gasteiger partial charge in [0, 0.05) is 68.1 Å². The number of carbonyl (C=O) groups is 1. The molecule has 0 amide bonds. The maximum Gasteiger partial charge on any atom is 0.181 e. The molecule has 6 heteroatoms. The van der Waals surface area contributed by atoms with Crippen molar-refractivity contribution in [3.8, 4) is 0 Å². The summed E-state index contributed by atoms with van der Waals surface area (Å²) in [6, 6.07) is 14.1. The number of H-pyrrole nitrogens is 1. The van der Waals surface area contributed by atoms with Gasteiger partial charge in [0.05, 0.1) is 6.04 Å². The molecule has 4 heterocycles. The summed E-state index contributed by atoms with van der Waals surface area (Å²) in [6.07, 6.45) is 6.18. The second kappa shape index (κ2) is 9.43. The molecule has 6 nitrogen and oxygen atoms in total. The normalized spacial score (nSPS) is 21.7. The first-order valence-electron chi connectivity index (χ1n) is 11.9. The lowest BCUT2D eigenvalue weighted by Crippen LogP contribution is -2.51. The van der Waals surface area contributed by atoms with Crippen molar-refractivity contribution >= 4 is 22.5 Å². The summed E-state index contributed by atoms with van der Waals surface area (Å²) in [6.45, 7) is 9.45. The molecule has 2 unspecified atom stereocenters. The monoisotopic (exact) mass is 431 g/mol. The van der Waals surface area contributed by atoms with Gasteiger partial charge in [0.2, 0.25) is 0 Å². The Hall–Kier alpha value is -2.70. The number of hydrogen-bond donors (Lipinski definition) is 1. The molecule has 0 aliphatic carbocycles. The van der Waals surface area contributed by atoms with Crippen LogP contribution in [-0.2, 0) is 0 Å². The molecular weight excluding hydrogens is 398 g/mol. The summed E-state index contributed by atoms with van der Waals surface area (Å²) in [5.41, 5.74) is 1.85. The molecule has 2 aliphatic heterocycles. The molecule has 2 atom stereocenters. The first-order valence-corrected chi connectivity index (χ1v) is 11.9. The molecule has 0 bridgehead atoms. The van der Waals surface area contributed by atoms with Crippen LogP contribution in [0.25, 0.3) is 10.9 Å². The second-order valence-electron chi connectivity index (χ2n) is 9.27. The molecule has 32 heavy (non-hydrogen) atoms. The number of carbonyl (C=O) groups excluding carboxylic acids is 1. The molecule has 2 saturated heterocycles. The lowest BCUT2D eigenvalue weighted by Gasteiger charge is -2.40. The van der Waals surface area contributed by atoms with Crippen molar-refractivity contribution in [3.05, 3.63) is 60.4 Å². The third kappa shape index (κ3) is 4.43. The zero-order valence-electron chi connectivity index (χ0n) is 18.9. The van der Waals surface area contributed by atoms with Crippen LogP contribution in [0, 0.1) is 5.92 Å². The van der Waals surface area contributed by atoms with Crippen LogP contribution in [-0.4, -0.2) is 77.4 Å². The molecule has 2 fully saturated rings. The SMILES string of the molecule is CC(C(=O)c1c[nH]c2ccccc12)N1CCCC(CN2CCN(c3ccccn3)CC2)C1. The Kier molecular flexibility index (Phi) is 6.23. The summed E-state index contributed by atoms with van der Waals surface area (Å²) in [7, 11) is 0. The number of fused-ring (bicyclic) bond motifs is 1. The third-order valence-electron chi connectivity index (χ3n) is 7.19. The van der Waals surface area contributed by atoms with Gasteiger partial charge in [-0.3, -0.25) is 14.6 Å². The summed E-state index contributed by atoms with van der Waals surface area (Å²) >= 11 is 0. The van der Waals surface area contributed by atoms with Gasteiger partial charge >= 0.3 is 0 Å². The van der Waals surface area contributed by atoms with E-state index in [9.17, 15) is 4.79 Å². The van der Waals surface area contributed by atoms with Crippen LogP contribution in [0.1, 0.15) is 30.1 Å². The number of aromatic amines is 1. The lowest BCUT2D eigenvalue weighted by molar-refractivity contribution is 0.0703. The highest BCUT2D eigenvalue weighted by atomic mass is 16.1. The minimum absolute atomic E-state index is 0.0852. The minimum atomic E-state index is -0.0852. The van der Waals surface area contributed by atoms with Gasteiger partial charge in [0.25, 0.3) is 0 Å². The predicted octanol–water partition coefficient (Wildman–Crippen LogP) is 3.67. The van der Waals surface area contributed by atoms with Crippen molar-refractivity contribution in [1.82, 2.24) is 19.8 Å². The zero-order valence-corrected chi connectivity index (χ0v) is 18.9. The molecule has 0 saturated carbocycles. The molecule has 0 spiro atoms. The number of pyridine rings is 1. The van der Waals surface area contributed by atoms with Crippen LogP contribution in [0.5, 0.6) is 0 Å². The van der Waals surface area contributed by atoms with Gasteiger partial charge in [0.1, 0.15) is 5.82 Å². The van der Waals surface area contributed by atoms with Crippen LogP contribution >= 0.6 is 0 Å². The van der Waals surface area contributed by atoms with Gasteiger partial charge in [-0.05, 0) is 50.4 Å². The van der Waals surface area contributed by atoms with Gasteiger partial charge in [-0.15, -0.1) is 0 Å². The van der Waals surface area contributed by atoms with Gasteiger partial charge in [-0.2, -0.15) is 0 Å². The Labute approximate surface area is 190 Å². The van der Waals surface area contributed by atoms with Gasteiger partial charge in [0.15, 0.2) is 5.78 Å². The number of nitrogens with one attached hydrogen (secondary N) is 1. The smallest absolute Gasteiger partial charge is 0.181 e. The first kappa shape index (κ1) is 21.2. The van der Waals surface area contributed by atoms with Crippen LogP contribution in [0.2, 0.25) is 0 Å². The number of anilines is 1. The number of aromatic nitrogens is 2. The Bertz CT molecular complexity index is 1040. The number of hydrogen-bond acceptors (Lipinski definition) is 5. The number of rotatable bonds is 6. The second-order valence-corrected chi connectivity index (χ2v) is 9.27. The molecule has 1 aromatic carbocycles. The molecular formula is C26H33N5O. The van der Waals surface area contributed by atoms with E-state index in [2.05, 4.69) is 43.7 Å². The fourth-order valence-corrected chi connectivity index (χ4v) is 5.33. The van der Waals surface area contributed by atoms with E-state index < -0.39 is 0 Å². The highest BCUT2D eigenvalue weighted by molar-refractivity contribution is 6.10. The van der Waals surface area contributed by atoms with Crippen molar-refractivity contribution < 1.29 is 4.79 Å². The van der Waals surface area contributed by atoms with E-state index in [1.807, 2.05) is 42.7 Å². The maximum atomic E-state index is 13.3. The van der Waals surface area contributed by atoms with E-state index in [4.69, 9.17) is 0 Å². The molecule has 3 aromatic rings. The first-order chi connectivity index (χ1) is 15.7. The highest BCUT2D eigenvalue weighted by Crippen LogP contribution is 2.25. The Morgan fingerprint density at radius 1 is 1.09 bits per heavy atom. The number of nitrogens with zero attached hydrogens (tertiary/aromatic N) is 4. The van der Waals surface area contributed by atoms with E-state index in [0.29, 0.717) is 5.92 Å². The number of ketones is 1. The third-order valence-corrected chi connectivity index (χ3v) is 7.19. The van der Waals surface area contributed by atoms with Gasteiger partial charge in [-0.1, -0.05) is 24.3 Å². The van der Waals surface area contributed by atoms with Crippen molar-refractivity contribution in [1.29, 1.82) is 0 Å². The molecule has 2 aromatic heterocycles. The number of piperazine rings is 1. The Morgan fingerprint density at radius 3 is 2.72 bits per heavy atom. The topological polar surface area (TPSA) is 55.5 Å². The summed E-state index contributed by atoms with van der Waals surface area (Å²) in [5.74, 6) is 1.94. The zero-order chi connectivity index (χ0) is 21.9. The van der Waals surface area contributed by atoms with Crippen molar-refractivity contribution in [2.75, 3.05) is 50.7 Å². The summed E-state index contributed by atoms with van der Waals surface area (Å²) in [4.78, 5) is 28.4. The van der Waals surface area contributed by atoms with E-state index in [0.717, 1.165) is 68.1 Å². The molecule has 1 N–H and O–H groups in total. The Balaban J connectivity index is 1.16. The number of para-hydroxylation sites is 1. The number of benzene rings is 1. The fourth-order valence-electron chi connectivity index (χ4n) is 5.33. The predicted molar refractivity (Wildman–Crippen MR) is 129 cm³/mol. The van der Waals surface area contributed by atoms with Gasteiger partial charge in [-0.25, -0.2) is 4.98 Å². The standard InChI is InChI=1S/C26H33N5O/c1-20(26(32)23-17-28-24-9-3-2-8-22(23)24)31-12-6-7-21(19-31)18-29-13-15-30(16-14-29)25-10-4-5-11-27-25/h2-5,8-11,17,20-21,28H,6-7,12-16,18-19H2,1H3. The van der Waals surface area contributed by atoms with Gasteiger partial charge < -0.3 is 9.88 Å². The molecule has 5 rings (SSSR count). The van der Waals surface area contributed by atoms with E-state index in [1.165, 1.54) is 12.8 Å². The number of Topliss-reactive ketones (excluding diaryl/α,β-unsaturated/α-hetero) is 1. The van der Waals surface area contributed by atoms with E-state index in [-0.39, 0.29) is 11.8 Å². The van der Waals surface area contributed by atoms with Crippen LogP contribution in [0.4, 0.5) is 5.82 Å². The Morgan fingerprint density at radius 2 is 1.91 bits per heavy atom. The number of piperidine rings is 1. The van der Waals surface area contributed by atoms with Crippen molar-refractivity contribution in [2.45, 2.75) is 25.8 Å². The lowest BCUT2D eigenvalue weighted by atomic mass is 9.94. The fraction of sp³-hybridized carbons (Fsp3) is 0.462. The quantitative estimate of drug-likeness (QED) is 0.604. The summed E-state index contributed by atoms with van der Waals surface area (Å²) < 4.78 is 0. The van der Waals surface area contributed by atoms with E-state index >= 15 is 0 Å². The molecule has 2 aliphatic rings. The van der Waals surface area contributed by atoms with Crippen molar-refractivity contribution in [3.63, 3.8) is 0 Å². The average Bonchev–Trinajstić information content (AvgIpc) is 3.28. The van der Waals surface area contributed by atoms with Crippen LogP contribution in [0.15, 0.2) is 54.9 Å². The minimum Gasteiger partial charge on any atom is -0.360 e. The summed E-state index contributed by atoms with van der Waals surface area (Å²) in [5, 5.41) is 1.03. The molecule has 0 radical (unpaired) electrons. The van der Waals surface area contributed by atoms with Crippen molar-refractivity contribution in [2.24, 2.45) is 5.92 Å². The number of likely N-dealkylation sites (tertiary alicyclic amines) is 1. The average molecular weight is 432 g/mol. The molecule has 168 valence electrons. The maximum absolute atomic E-state index is 13.3. The van der Waals surface area contributed by atoms with Crippen LogP contribution in [0.3, 0.4) is 0 Å².